The van der Waals surface area contributed by atoms with E-state index in [4.69, 9.17) is 0 Å². The molecule has 3 unspecified atom stereocenters. The van der Waals surface area contributed by atoms with Gasteiger partial charge in [0.05, 0.1) is 0 Å². The third-order valence-electron chi connectivity index (χ3n) is 4.45. The minimum absolute atomic E-state index is 0.733. The van der Waals surface area contributed by atoms with Gasteiger partial charge in [-0.05, 0) is 62.6 Å². The van der Waals surface area contributed by atoms with Crippen LogP contribution in [0.15, 0.2) is 17.5 Å². The molecule has 1 saturated carbocycles. The molecule has 1 aromatic heterocycles. The smallest absolute Gasteiger partial charge is 0.0324 e. The average Bonchev–Trinajstić information content (AvgIpc) is 2.90. The van der Waals surface area contributed by atoms with Gasteiger partial charge in [0.1, 0.15) is 0 Å². The first-order valence-electron chi connectivity index (χ1n) is 8.13. The summed E-state index contributed by atoms with van der Waals surface area (Å²) < 4.78 is 0. The van der Waals surface area contributed by atoms with Crippen molar-refractivity contribution in [1.29, 1.82) is 0 Å². The molecule has 2 rings (SSSR count). The van der Waals surface area contributed by atoms with Crippen molar-refractivity contribution in [2.45, 2.75) is 52.1 Å². The van der Waals surface area contributed by atoms with Crippen LogP contribution in [-0.4, -0.2) is 31.1 Å². The van der Waals surface area contributed by atoms with E-state index in [9.17, 15) is 0 Å². The van der Waals surface area contributed by atoms with E-state index < -0.39 is 0 Å². The van der Waals surface area contributed by atoms with Gasteiger partial charge in [0, 0.05) is 24.0 Å². The molecule has 0 saturated heterocycles. The van der Waals surface area contributed by atoms with Gasteiger partial charge in [-0.3, -0.25) is 0 Å². The standard InChI is InChI=1S/C17H30N2S/c1-4-9-18-17-8-7-14(2)11-15(17)12-19(3)13-16-6-5-10-20-16/h5-6,10,14-15,17-18H,4,7-9,11-13H2,1-3H3. The highest BCUT2D eigenvalue weighted by Crippen LogP contribution is 2.30. The predicted molar refractivity (Wildman–Crippen MR) is 89.2 cm³/mol. The van der Waals surface area contributed by atoms with Gasteiger partial charge >= 0.3 is 0 Å². The van der Waals surface area contributed by atoms with Gasteiger partial charge in [0.15, 0.2) is 0 Å². The maximum absolute atomic E-state index is 3.78. The van der Waals surface area contributed by atoms with Crippen LogP contribution in [0.3, 0.4) is 0 Å². The van der Waals surface area contributed by atoms with Gasteiger partial charge in [0.2, 0.25) is 0 Å². The van der Waals surface area contributed by atoms with Gasteiger partial charge in [-0.1, -0.05) is 19.9 Å². The Morgan fingerprint density at radius 3 is 2.95 bits per heavy atom. The topological polar surface area (TPSA) is 15.3 Å². The van der Waals surface area contributed by atoms with Crippen molar-refractivity contribution in [3.8, 4) is 0 Å². The third kappa shape index (κ3) is 4.87. The van der Waals surface area contributed by atoms with Crippen molar-refractivity contribution >= 4 is 11.3 Å². The molecule has 1 heterocycles. The van der Waals surface area contributed by atoms with Crippen LogP contribution in [0.4, 0.5) is 0 Å². The molecule has 0 spiro atoms. The molecular weight excluding hydrogens is 264 g/mol. The molecule has 2 nitrogen and oxygen atoms in total. The molecule has 0 aromatic carbocycles. The van der Waals surface area contributed by atoms with Crippen LogP contribution < -0.4 is 5.32 Å². The Morgan fingerprint density at radius 1 is 1.40 bits per heavy atom. The van der Waals surface area contributed by atoms with Gasteiger partial charge < -0.3 is 10.2 Å². The predicted octanol–water partition coefficient (Wildman–Crippen LogP) is 3.98. The fourth-order valence-corrected chi connectivity index (χ4v) is 4.22. The molecule has 0 bridgehead atoms. The second kappa shape index (κ2) is 8.16. The number of nitrogens with one attached hydrogen (secondary N) is 1. The Kier molecular flexibility index (Phi) is 6.53. The van der Waals surface area contributed by atoms with E-state index in [0.717, 1.165) is 24.4 Å². The summed E-state index contributed by atoms with van der Waals surface area (Å²) in [6.07, 6.45) is 5.38. The zero-order valence-electron chi connectivity index (χ0n) is 13.3. The summed E-state index contributed by atoms with van der Waals surface area (Å²) in [4.78, 5) is 3.99. The Morgan fingerprint density at radius 2 is 2.25 bits per heavy atom. The largest absolute Gasteiger partial charge is 0.314 e. The maximum Gasteiger partial charge on any atom is 0.0324 e. The van der Waals surface area contributed by atoms with E-state index >= 15 is 0 Å². The van der Waals surface area contributed by atoms with Crippen molar-refractivity contribution < 1.29 is 0 Å². The fraction of sp³-hybridized carbons (Fsp3) is 0.765. The average molecular weight is 295 g/mol. The van der Waals surface area contributed by atoms with Crippen LogP contribution in [-0.2, 0) is 6.54 Å². The zero-order valence-corrected chi connectivity index (χ0v) is 14.1. The Bertz CT molecular complexity index is 361. The highest BCUT2D eigenvalue weighted by molar-refractivity contribution is 7.09. The first-order chi connectivity index (χ1) is 9.69. The molecule has 1 fully saturated rings. The quantitative estimate of drug-likeness (QED) is 0.818. The van der Waals surface area contributed by atoms with Gasteiger partial charge in [-0.25, -0.2) is 0 Å². The van der Waals surface area contributed by atoms with E-state index in [0.29, 0.717) is 0 Å². The monoisotopic (exact) mass is 294 g/mol. The van der Waals surface area contributed by atoms with Crippen molar-refractivity contribution in [2.24, 2.45) is 11.8 Å². The van der Waals surface area contributed by atoms with Crippen LogP contribution >= 0.6 is 11.3 Å². The number of hydrogen-bond donors (Lipinski definition) is 1. The van der Waals surface area contributed by atoms with E-state index in [1.807, 2.05) is 11.3 Å². The lowest BCUT2D eigenvalue weighted by molar-refractivity contribution is 0.158. The molecule has 0 aliphatic heterocycles. The van der Waals surface area contributed by atoms with Crippen LogP contribution in [0.25, 0.3) is 0 Å². The third-order valence-corrected chi connectivity index (χ3v) is 5.31. The summed E-state index contributed by atoms with van der Waals surface area (Å²) in [5.74, 6) is 1.71. The van der Waals surface area contributed by atoms with Crippen molar-refractivity contribution in [2.75, 3.05) is 20.1 Å². The van der Waals surface area contributed by atoms with E-state index in [1.54, 1.807) is 0 Å². The Balaban J connectivity index is 1.85. The lowest BCUT2D eigenvalue weighted by Gasteiger charge is -2.37. The number of hydrogen-bond acceptors (Lipinski definition) is 3. The number of nitrogens with zero attached hydrogens (tertiary/aromatic N) is 1. The summed E-state index contributed by atoms with van der Waals surface area (Å²) in [5.41, 5.74) is 0. The SMILES string of the molecule is CCCNC1CCC(C)CC1CN(C)Cc1cccs1. The number of rotatable bonds is 7. The van der Waals surface area contributed by atoms with E-state index in [2.05, 4.69) is 48.6 Å². The molecule has 3 heteroatoms. The van der Waals surface area contributed by atoms with Crippen LogP contribution in [0, 0.1) is 11.8 Å². The minimum Gasteiger partial charge on any atom is -0.314 e. The van der Waals surface area contributed by atoms with Gasteiger partial charge in [-0.2, -0.15) is 0 Å². The molecule has 0 amide bonds. The molecule has 0 radical (unpaired) electrons. The summed E-state index contributed by atoms with van der Waals surface area (Å²) in [7, 11) is 2.27. The molecule has 20 heavy (non-hydrogen) atoms. The van der Waals surface area contributed by atoms with Crippen LogP contribution in [0.5, 0.6) is 0 Å². The second-order valence-corrected chi connectivity index (χ2v) is 7.55. The van der Waals surface area contributed by atoms with Crippen molar-refractivity contribution in [1.82, 2.24) is 10.2 Å². The summed E-state index contributed by atoms with van der Waals surface area (Å²) in [6.45, 7) is 8.18. The molecule has 1 N–H and O–H groups in total. The summed E-state index contributed by atoms with van der Waals surface area (Å²) >= 11 is 1.87. The summed E-state index contributed by atoms with van der Waals surface area (Å²) in [6, 6.07) is 5.14. The maximum atomic E-state index is 3.78. The van der Waals surface area contributed by atoms with Crippen molar-refractivity contribution in [3.63, 3.8) is 0 Å². The first-order valence-corrected chi connectivity index (χ1v) is 9.01. The highest BCUT2D eigenvalue weighted by Gasteiger charge is 2.28. The van der Waals surface area contributed by atoms with Gasteiger partial charge in [-0.15, -0.1) is 11.3 Å². The Hall–Kier alpha value is -0.380. The van der Waals surface area contributed by atoms with Gasteiger partial charge in [0.25, 0.3) is 0 Å². The summed E-state index contributed by atoms with van der Waals surface area (Å²) in [5, 5.41) is 5.96. The normalized spacial score (nSPS) is 27.1. The molecule has 1 aliphatic carbocycles. The lowest BCUT2D eigenvalue weighted by Crippen LogP contribution is -2.45. The minimum atomic E-state index is 0.733. The molecule has 3 atom stereocenters. The van der Waals surface area contributed by atoms with E-state index in [-0.39, 0.29) is 0 Å². The van der Waals surface area contributed by atoms with Crippen LogP contribution in [0.1, 0.15) is 44.4 Å². The highest BCUT2D eigenvalue weighted by atomic mass is 32.1. The number of thiophene rings is 1. The first kappa shape index (κ1) is 16.0. The molecule has 1 aromatic rings. The second-order valence-electron chi connectivity index (χ2n) is 6.52. The molecular formula is C17H30N2S. The Labute approximate surface area is 128 Å². The van der Waals surface area contributed by atoms with Crippen molar-refractivity contribution in [3.05, 3.63) is 22.4 Å². The van der Waals surface area contributed by atoms with Crippen LogP contribution in [0.2, 0.25) is 0 Å². The molecule has 114 valence electrons. The fourth-order valence-electron chi connectivity index (χ4n) is 3.43. The lowest BCUT2D eigenvalue weighted by atomic mass is 9.78. The molecule has 1 aliphatic rings. The zero-order chi connectivity index (χ0) is 14.4. The van der Waals surface area contributed by atoms with E-state index in [1.165, 1.54) is 43.6 Å².